The summed E-state index contributed by atoms with van der Waals surface area (Å²) in [6.07, 6.45) is 3.33. The first-order valence-electron chi connectivity index (χ1n) is 3.50. The van der Waals surface area contributed by atoms with Crippen LogP contribution in [0.3, 0.4) is 0 Å². The van der Waals surface area contributed by atoms with E-state index in [9.17, 15) is 4.79 Å². The SMILES string of the molecule is Bc1cn(C)c(=O)cc1/C=N/S. The van der Waals surface area contributed by atoms with Gasteiger partial charge in [0.15, 0.2) is 0 Å². The number of hydrogen-bond acceptors (Lipinski definition) is 3. The van der Waals surface area contributed by atoms with Crippen LogP contribution in [0, 0.1) is 0 Å². The summed E-state index contributed by atoms with van der Waals surface area (Å²) >= 11 is 3.70. The van der Waals surface area contributed by atoms with Crippen molar-refractivity contribution >= 4 is 32.3 Å². The lowest BCUT2D eigenvalue weighted by atomic mass is 9.93. The predicted octanol–water partition coefficient (Wildman–Crippen LogP) is -1.09. The number of aromatic nitrogens is 1. The fourth-order valence-corrected chi connectivity index (χ4v) is 1.10. The van der Waals surface area contributed by atoms with Gasteiger partial charge in [-0.25, -0.2) is 4.40 Å². The highest BCUT2D eigenvalue weighted by Crippen LogP contribution is 1.86. The number of aryl methyl sites for hydroxylation is 1. The van der Waals surface area contributed by atoms with Crippen LogP contribution < -0.4 is 11.0 Å². The van der Waals surface area contributed by atoms with Gasteiger partial charge in [0.25, 0.3) is 5.56 Å². The molecular formula is C7H9BN2OS. The lowest BCUT2D eigenvalue weighted by Gasteiger charge is -2.01. The highest BCUT2D eigenvalue weighted by molar-refractivity contribution is 7.79. The first-order chi connectivity index (χ1) is 5.65. The summed E-state index contributed by atoms with van der Waals surface area (Å²) < 4.78 is 5.09. The Kier molecular flexibility index (Phi) is 2.76. The number of thiol groups is 1. The summed E-state index contributed by atoms with van der Waals surface area (Å²) in [5.41, 5.74) is 1.78. The number of pyridine rings is 1. The van der Waals surface area contributed by atoms with Gasteiger partial charge in [-0.15, -0.1) is 0 Å². The Morgan fingerprint density at radius 1 is 1.75 bits per heavy atom. The molecule has 0 spiro atoms. The van der Waals surface area contributed by atoms with Crippen LogP contribution in [0.25, 0.3) is 0 Å². The molecule has 1 rings (SSSR count). The van der Waals surface area contributed by atoms with Gasteiger partial charge in [0.1, 0.15) is 7.85 Å². The molecule has 1 aromatic rings. The Hall–Kier alpha value is -0.965. The van der Waals surface area contributed by atoms with Crippen molar-refractivity contribution in [2.45, 2.75) is 0 Å². The molecule has 5 heteroatoms. The van der Waals surface area contributed by atoms with Gasteiger partial charge in [0.2, 0.25) is 0 Å². The summed E-state index contributed by atoms with van der Waals surface area (Å²) in [6, 6.07) is 1.54. The third-order valence-corrected chi connectivity index (χ3v) is 1.78. The zero-order chi connectivity index (χ0) is 9.14. The monoisotopic (exact) mass is 180 g/mol. The van der Waals surface area contributed by atoms with Gasteiger partial charge in [-0.3, -0.25) is 4.79 Å². The maximum Gasteiger partial charge on any atom is 0.250 e. The highest BCUT2D eigenvalue weighted by Gasteiger charge is 1.97. The van der Waals surface area contributed by atoms with E-state index >= 15 is 0 Å². The maximum atomic E-state index is 11.1. The molecule has 0 amide bonds. The van der Waals surface area contributed by atoms with Gasteiger partial charge in [0.05, 0.1) is 0 Å². The van der Waals surface area contributed by atoms with Gasteiger partial charge < -0.3 is 4.57 Å². The molecular weight excluding hydrogens is 171 g/mol. The first kappa shape index (κ1) is 9.13. The molecule has 62 valence electrons. The molecule has 0 atom stereocenters. The largest absolute Gasteiger partial charge is 0.319 e. The minimum absolute atomic E-state index is 0.0381. The molecule has 0 bridgehead atoms. The molecule has 0 aliphatic heterocycles. The van der Waals surface area contributed by atoms with Crippen molar-refractivity contribution in [3.05, 3.63) is 28.2 Å². The zero-order valence-electron chi connectivity index (χ0n) is 6.98. The van der Waals surface area contributed by atoms with E-state index in [1.807, 2.05) is 7.85 Å². The third-order valence-electron chi connectivity index (χ3n) is 1.67. The Bertz CT molecular complexity index is 372. The van der Waals surface area contributed by atoms with Crippen molar-refractivity contribution in [3.8, 4) is 0 Å². The summed E-state index contributed by atoms with van der Waals surface area (Å²) in [5, 5.41) is 0. The van der Waals surface area contributed by atoms with E-state index in [4.69, 9.17) is 0 Å². The van der Waals surface area contributed by atoms with E-state index in [1.54, 1.807) is 19.5 Å². The summed E-state index contributed by atoms with van der Waals surface area (Å²) in [4.78, 5) is 11.1. The van der Waals surface area contributed by atoms with Crippen LogP contribution in [0.5, 0.6) is 0 Å². The van der Waals surface area contributed by atoms with Gasteiger partial charge in [-0.2, -0.15) is 0 Å². The Morgan fingerprint density at radius 3 is 3.00 bits per heavy atom. The van der Waals surface area contributed by atoms with Crippen LogP contribution in [0.1, 0.15) is 5.56 Å². The average Bonchev–Trinajstić information content (AvgIpc) is 2.01. The van der Waals surface area contributed by atoms with E-state index in [1.165, 1.54) is 10.6 Å². The second kappa shape index (κ2) is 3.62. The fourth-order valence-electron chi connectivity index (χ4n) is 0.979. The van der Waals surface area contributed by atoms with Crippen molar-refractivity contribution in [1.82, 2.24) is 4.57 Å². The van der Waals surface area contributed by atoms with E-state index in [2.05, 4.69) is 17.2 Å². The Balaban J connectivity index is 3.33. The van der Waals surface area contributed by atoms with Gasteiger partial charge >= 0.3 is 0 Å². The summed E-state index contributed by atoms with van der Waals surface area (Å²) in [6.45, 7) is 0. The lowest BCUT2D eigenvalue weighted by molar-refractivity contribution is 0.865. The fraction of sp³-hybridized carbons (Fsp3) is 0.143. The van der Waals surface area contributed by atoms with Crippen LogP contribution >= 0.6 is 12.8 Å². The second-order valence-electron chi connectivity index (χ2n) is 2.61. The molecule has 0 fully saturated rings. The zero-order valence-corrected chi connectivity index (χ0v) is 7.88. The molecule has 0 radical (unpaired) electrons. The van der Waals surface area contributed by atoms with Crippen molar-refractivity contribution in [2.75, 3.05) is 0 Å². The highest BCUT2D eigenvalue weighted by atomic mass is 32.1. The third kappa shape index (κ3) is 1.79. The number of hydrogen-bond donors (Lipinski definition) is 1. The molecule has 0 aliphatic carbocycles. The maximum absolute atomic E-state index is 11.1. The van der Waals surface area contributed by atoms with E-state index in [0.717, 1.165) is 11.0 Å². The number of nitrogens with zero attached hydrogens (tertiary/aromatic N) is 2. The van der Waals surface area contributed by atoms with E-state index < -0.39 is 0 Å². The van der Waals surface area contributed by atoms with Crippen LogP contribution in [-0.2, 0) is 7.05 Å². The standard InChI is InChI=1S/C7H9BN2OS/c1-10-4-6(8)5(3-9-12)2-7(10)11/h2-4,12H,8H2,1H3/b9-3+. The minimum Gasteiger partial charge on any atom is -0.319 e. The smallest absolute Gasteiger partial charge is 0.250 e. The normalized spacial score (nSPS) is 10.8. The lowest BCUT2D eigenvalue weighted by Crippen LogP contribution is -2.24. The quantitative estimate of drug-likeness (QED) is 0.332. The molecule has 0 saturated heterocycles. The van der Waals surface area contributed by atoms with E-state index in [0.29, 0.717) is 0 Å². The van der Waals surface area contributed by atoms with Crippen molar-refractivity contribution in [1.29, 1.82) is 0 Å². The average molecular weight is 180 g/mol. The minimum atomic E-state index is -0.0381. The van der Waals surface area contributed by atoms with Crippen LogP contribution in [-0.4, -0.2) is 18.6 Å². The van der Waals surface area contributed by atoms with Gasteiger partial charge in [0, 0.05) is 25.5 Å². The summed E-state index contributed by atoms with van der Waals surface area (Å²) in [7, 11) is 3.64. The summed E-state index contributed by atoms with van der Waals surface area (Å²) in [5.74, 6) is 0. The topological polar surface area (TPSA) is 34.4 Å². The molecule has 3 nitrogen and oxygen atoms in total. The molecule has 1 heterocycles. The van der Waals surface area contributed by atoms with Crippen molar-refractivity contribution in [2.24, 2.45) is 11.4 Å². The number of rotatable bonds is 1. The molecule has 0 unspecified atom stereocenters. The van der Waals surface area contributed by atoms with Crippen LogP contribution in [0.15, 0.2) is 21.5 Å². The predicted molar refractivity (Wildman–Crippen MR) is 56.4 cm³/mol. The Morgan fingerprint density at radius 2 is 2.42 bits per heavy atom. The molecule has 0 aliphatic rings. The Labute approximate surface area is 77.1 Å². The second-order valence-corrected chi connectivity index (χ2v) is 2.84. The van der Waals surface area contributed by atoms with Gasteiger partial charge in [-0.1, -0.05) is 5.46 Å². The molecule has 0 N–H and O–H groups in total. The van der Waals surface area contributed by atoms with Crippen molar-refractivity contribution < 1.29 is 0 Å². The molecule has 1 aromatic heterocycles. The van der Waals surface area contributed by atoms with Crippen LogP contribution in [0.4, 0.5) is 0 Å². The van der Waals surface area contributed by atoms with Crippen molar-refractivity contribution in [3.63, 3.8) is 0 Å². The van der Waals surface area contributed by atoms with E-state index in [-0.39, 0.29) is 5.56 Å². The molecule has 12 heavy (non-hydrogen) atoms. The molecule has 0 aromatic carbocycles. The van der Waals surface area contributed by atoms with Gasteiger partial charge in [-0.05, 0) is 18.4 Å². The van der Waals surface area contributed by atoms with Crippen LogP contribution in [0.2, 0.25) is 0 Å². The first-order valence-corrected chi connectivity index (χ1v) is 3.90. The molecule has 0 saturated carbocycles.